The Morgan fingerprint density at radius 1 is 1.44 bits per heavy atom. The Kier molecular flexibility index (Phi) is 4.28. The van der Waals surface area contributed by atoms with Gasteiger partial charge < -0.3 is 0 Å². The second-order valence-electron chi connectivity index (χ2n) is 4.66. The first-order valence-corrected chi connectivity index (χ1v) is 5.72. The number of nitrogens with one attached hydrogen (secondary N) is 1. The van der Waals surface area contributed by atoms with Gasteiger partial charge in [-0.25, -0.2) is 10.4 Å². The van der Waals surface area contributed by atoms with Gasteiger partial charge in [-0.05, 0) is 30.4 Å². The van der Waals surface area contributed by atoms with E-state index in [1.807, 2.05) is 31.2 Å². The van der Waals surface area contributed by atoms with Gasteiger partial charge in [-0.2, -0.15) is 0 Å². The fraction of sp³-hybridized carbons (Fsp3) is 0.462. The molecule has 1 rings (SSSR count). The van der Waals surface area contributed by atoms with Crippen LogP contribution in [0, 0.1) is 5.41 Å². The highest BCUT2D eigenvalue weighted by molar-refractivity contribution is 6.31. The van der Waals surface area contributed by atoms with Crippen molar-refractivity contribution >= 4 is 17.6 Å². The van der Waals surface area contributed by atoms with Crippen molar-refractivity contribution in [1.82, 2.24) is 0 Å². The lowest BCUT2D eigenvalue weighted by atomic mass is 9.79. The molecular formula is C13H17ClN2. The quantitative estimate of drug-likeness (QED) is 0.763. The van der Waals surface area contributed by atoms with Crippen molar-refractivity contribution in [2.24, 2.45) is 4.99 Å². The molecule has 1 unspecified atom stereocenters. The average Bonchev–Trinajstić information content (AvgIpc) is 2.17. The Morgan fingerprint density at radius 2 is 2.06 bits per heavy atom. The monoisotopic (exact) mass is 236 g/mol. The SMILES string of the molecule is CC(CC(C)(C)c1ccccc1Cl)N=C=N. The second kappa shape index (κ2) is 5.29. The number of halogens is 1. The van der Waals surface area contributed by atoms with E-state index in [9.17, 15) is 0 Å². The molecule has 0 amide bonds. The van der Waals surface area contributed by atoms with Gasteiger partial charge in [0.15, 0.2) is 0 Å². The highest BCUT2D eigenvalue weighted by Crippen LogP contribution is 2.33. The van der Waals surface area contributed by atoms with E-state index < -0.39 is 0 Å². The summed E-state index contributed by atoms with van der Waals surface area (Å²) in [6.07, 6.45) is 0.850. The van der Waals surface area contributed by atoms with Gasteiger partial charge in [-0.3, -0.25) is 0 Å². The smallest absolute Gasteiger partial charge is 0.0864 e. The first kappa shape index (κ1) is 13.0. The summed E-state index contributed by atoms with van der Waals surface area (Å²) in [5, 5.41) is 7.64. The van der Waals surface area contributed by atoms with Gasteiger partial charge in [0.25, 0.3) is 0 Å². The number of rotatable bonds is 4. The molecular weight excluding hydrogens is 220 g/mol. The molecule has 1 N–H and O–H groups in total. The molecule has 1 atom stereocenters. The molecule has 0 aliphatic carbocycles. The first-order chi connectivity index (χ1) is 7.47. The van der Waals surface area contributed by atoms with Crippen LogP contribution in [0.25, 0.3) is 0 Å². The molecule has 0 aliphatic heterocycles. The molecule has 0 heterocycles. The first-order valence-electron chi connectivity index (χ1n) is 5.34. The normalized spacial score (nSPS) is 13.0. The fourth-order valence-electron chi connectivity index (χ4n) is 2.01. The molecule has 16 heavy (non-hydrogen) atoms. The second-order valence-corrected chi connectivity index (χ2v) is 5.06. The van der Waals surface area contributed by atoms with Crippen molar-refractivity contribution in [3.63, 3.8) is 0 Å². The molecule has 86 valence electrons. The third-order valence-corrected chi connectivity index (χ3v) is 3.02. The summed E-state index contributed by atoms with van der Waals surface area (Å²) < 4.78 is 0. The number of hydrogen-bond acceptors (Lipinski definition) is 2. The molecule has 0 aliphatic rings. The summed E-state index contributed by atoms with van der Waals surface area (Å²) in [6, 6.07) is 10.1. The van der Waals surface area contributed by atoms with Crippen LogP contribution in [0.4, 0.5) is 0 Å². The van der Waals surface area contributed by atoms with Crippen LogP contribution < -0.4 is 0 Å². The van der Waals surface area contributed by atoms with Crippen LogP contribution in [0.3, 0.4) is 0 Å². The largest absolute Gasteiger partial charge is 0.242 e. The highest BCUT2D eigenvalue weighted by Gasteiger charge is 2.25. The van der Waals surface area contributed by atoms with Gasteiger partial charge in [0.2, 0.25) is 0 Å². The zero-order chi connectivity index (χ0) is 12.2. The standard InChI is InChI=1S/C13H17ClN2/c1-10(16-9-15)8-13(2,3)11-6-4-5-7-12(11)14/h4-7,10,15H,8H2,1-3H3. The predicted molar refractivity (Wildman–Crippen MR) is 68.7 cm³/mol. The number of benzene rings is 1. The average molecular weight is 237 g/mol. The predicted octanol–water partition coefficient (Wildman–Crippen LogP) is 4.15. The van der Waals surface area contributed by atoms with Crippen LogP contribution in [0.2, 0.25) is 5.02 Å². The number of aliphatic imine (C=N–C) groups is 1. The van der Waals surface area contributed by atoms with Gasteiger partial charge in [0.1, 0.15) is 0 Å². The molecule has 0 radical (unpaired) electrons. The summed E-state index contributed by atoms with van der Waals surface area (Å²) in [7, 11) is 0. The molecule has 1 aromatic carbocycles. The van der Waals surface area contributed by atoms with Crippen molar-refractivity contribution in [3.05, 3.63) is 34.9 Å². The molecule has 1 aromatic rings. The molecule has 2 nitrogen and oxygen atoms in total. The third-order valence-electron chi connectivity index (χ3n) is 2.69. The zero-order valence-corrected chi connectivity index (χ0v) is 10.7. The van der Waals surface area contributed by atoms with E-state index in [-0.39, 0.29) is 11.5 Å². The topological polar surface area (TPSA) is 36.2 Å². The molecule has 0 fully saturated rings. The fourth-order valence-corrected chi connectivity index (χ4v) is 2.41. The van der Waals surface area contributed by atoms with E-state index in [2.05, 4.69) is 24.8 Å². The number of nitrogens with zero attached hydrogens (tertiary/aromatic N) is 1. The maximum absolute atomic E-state index is 6.85. The van der Waals surface area contributed by atoms with E-state index in [0.717, 1.165) is 17.0 Å². The molecule has 3 heteroatoms. The van der Waals surface area contributed by atoms with Crippen molar-refractivity contribution < 1.29 is 0 Å². The summed E-state index contributed by atoms with van der Waals surface area (Å²) >= 11 is 6.19. The molecule has 0 spiro atoms. The van der Waals surface area contributed by atoms with E-state index in [0.29, 0.717) is 0 Å². The van der Waals surface area contributed by atoms with Gasteiger partial charge in [0.05, 0.1) is 12.1 Å². The number of hydrogen-bond donors (Lipinski definition) is 1. The van der Waals surface area contributed by atoms with Crippen molar-refractivity contribution in [2.75, 3.05) is 0 Å². The summed E-state index contributed by atoms with van der Waals surface area (Å²) in [5.41, 5.74) is 1.08. The van der Waals surface area contributed by atoms with Crippen LogP contribution in [0.15, 0.2) is 29.3 Å². The Hall–Kier alpha value is -1.11. The van der Waals surface area contributed by atoms with Gasteiger partial charge in [-0.1, -0.05) is 43.6 Å². The summed E-state index contributed by atoms with van der Waals surface area (Å²) in [4.78, 5) is 3.94. The van der Waals surface area contributed by atoms with Gasteiger partial charge >= 0.3 is 0 Å². The van der Waals surface area contributed by atoms with E-state index in [1.54, 1.807) is 0 Å². The van der Waals surface area contributed by atoms with Crippen molar-refractivity contribution in [3.8, 4) is 0 Å². The Labute approximate surface area is 102 Å². The van der Waals surface area contributed by atoms with E-state index in [1.165, 1.54) is 0 Å². The van der Waals surface area contributed by atoms with Crippen LogP contribution in [-0.2, 0) is 5.41 Å². The lowest BCUT2D eigenvalue weighted by molar-refractivity contribution is 0.439. The zero-order valence-electron chi connectivity index (χ0n) is 9.92. The third kappa shape index (κ3) is 3.19. The lowest BCUT2D eigenvalue weighted by Crippen LogP contribution is -2.22. The van der Waals surface area contributed by atoms with Gasteiger partial charge in [-0.15, -0.1) is 0 Å². The van der Waals surface area contributed by atoms with E-state index in [4.69, 9.17) is 17.0 Å². The molecule has 0 saturated carbocycles. The van der Waals surface area contributed by atoms with Gasteiger partial charge in [0, 0.05) is 5.02 Å². The minimum Gasteiger partial charge on any atom is -0.242 e. The maximum Gasteiger partial charge on any atom is 0.0864 e. The molecule has 0 bridgehead atoms. The Morgan fingerprint density at radius 3 is 2.62 bits per heavy atom. The lowest BCUT2D eigenvalue weighted by Gasteiger charge is -2.27. The molecule has 0 saturated heterocycles. The van der Waals surface area contributed by atoms with Crippen LogP contribution >= 0.6 is 11.6 Å². The Balaban J connectivity index is 2.93. The summed E-state index contributed by atoms with van der Waals surface area (Å²) in [6.45, 7) is 6.27. The Bertz CT molecular complexity index is 406. The molecule has 0 aromatic heterocycles. The van der Waals surface area contributed by atoms with Crippen LogP contribution in [0.5, 0.6) is 0 Å². The minimum absolute atomic E-state index is 0.0435. The van der Waals surface area contributed by atoms with E-state index >= 15 is 0 Å². The highest BCUT2D eigenvalue weighted by atomic mass is 35.5. The minimum atomic E-state index is -0.0435. The maximum atomic E-state index is 6.85. The summed E-state index contributed by atoms with van der Waals surface area (Å²) in [5.74, 6) is 0. The van der Waals surface area contributed by atoms with Crippen LogP contribution in [-0.4, -0.2) is 12.1 Å². The van der Waals surface area contributed by atoms with Crippen molar-refractivity contribution in [1.29, 1.82) is 5.41 Å². The van der Waals surface area contributed by atoms with Crippen LogP contribution in [0.1, 0.15) is 32.8 Å². The van der Waals surface area contributed by atoms with Crippen molar-refractivity contribution in [2.45, 2.75) is 38.6 Å².